The lowest BCUT2D eigenvalue weighted by Crippen LogP contribution is -2.20. The zero-order valence-corrected chi connectivity index (χ0v) is 14.7. The molecule has 1 heterocycles. The normalized spacial score (nSPS) is 23.1. The third-order valence-corrected chi connectivity index (χ3v) is 6.64. The standard InChI is InChI=1S/C17H25ClO2S/c1-17(2,3)16-6-4-13(5-7-16)10-15(11-18)14-8-9-21(19,20)12-14/h4-7,14-15H,8-12H2,1-3H3. The Bertz CT molecular complexity index is 570. The average molecular weight is 329 g/mol. The van der Waals surface area contributed by atoms with Crippen molar-refractivity contribution in [3.05, 3.63) is 35.4 Å². The van der Waals surface area contributed by atoms with Crippen molar-refractivity contribution in [1.82, 2.24) is 0 Å². The van der Waals surface area contributed by atoms with Crippen LogP contribution < -0.4 is 0 Å². The number of alkyl halides is 1. The molecule has 0 N–H and O–H groups in total. The summed E-state index contributed by atoms with van der Waals surface area (Å²) >= 11 is 6.10. The van der Waals surface area contributed by atoms with Crippen molar-refractivity contribution in [2.24, 2.45) is 11.8 Å². The van der Waals surface area contributed by atoms with Crippen LogP contribution in [0.5, 0.6) is 0 Å². The monoisotopic (exact) mass is 328 g/mol. The molecule has 1 aromatic carbocycles. The number of rotatable bonds is 4. The van der Waals surface area contributed by atoms with E-state index in [1.807, 2.05) is 0 Å². The predicted octanol–water partition coefficient (Wildman–Crippen LogP) is 3.82. The lowest BCUT2D eigenvalue weighted by Gasteiger charge is -2.22. The quantitative estimate of drug-likeness (QED) is 0.787. The van der Waals surface area contributed by atoms with Crippen molar-refractivity contribution in [3.8, 4) is 0 Å². The van der Waals surface area contributed by atoms with Crippen LogP contribution in [0.3, 0.4) is 0 Å². The van der Waals surface area contributed by atoms with E-state index >= 15 is 0 Å². The second-order valence-electron chi connectivity index (χ2n) is 7.23. The van der Waals surface area contributed by atoms with Gasteiger partial charge in [-0.2, -0.15) is 0 Å². The van der Waals surface area contributed by atoms with Gasteiger partial charge in [0.2, 0.25) is 0 Å². The summed E-state index contributed by atoms with van der Waals surface area (Å²) in [4.78, 5) is 0. The van der Waals surface area contributed by atoms with E-state index in [0.29, 0.717) is 17.4 Å². The summed E-state index contributed by atoms with van der Waals surface area (Å²) in [6.07, 6.45) is 1.63. The first-order chi connectivity index (χ1) is 9.71. The molecule has 2 atom stereocenters. The molecule has 2 rings (SSSR count). The van der Waals surface area contributed by atoms with E-state index in [-0.39, 0.29) is 17.3 Å². The Morgan fingerprint density at radius 1 is 1.24 bits per heavy atom. The zero-order valence-electron chi connectivity index (χ0n) is 13.1. The number of benzene rings is 1. The van der Waals surface area contributed by atoms with E-state index in [1.54, 1.807) is 0 Å². The van der Waals surface area contributed by atoms with E-state index in [4.69, 9.17) is 11.6 Å². The number of sulfone groups is 1. The summed E-state index contributed by atoms with van der Waals surface area (Å²) in [5, 5.41) is 0. The maximum Gasteiger partial charge on any atom is 0.150 e. The van der Waals surface area contributed by atoms with Gasteiger partial charge in [0.1, 0.15) is 0 Å². The molecule has 2 unspecified atom stereocenters. The Balaban J connectivity index is 2.06. The van der Waals surface area contributed by atoms with Gasteiger partial charge in [0.15, 0.2) is 9.84 Å². The number of hydrogen-bond acceptors (Lipinski definition) is 2. The van der Waals surface area contributed by atoms with Gasteiger partial charge in [0, 0.05) is 5.88 Å². The van der Waals surface area contributed by atoms with Gasteiger partial charge < -0.3 is 0 Å². The van der Waals surface area contributed by atoms with Crippen LogP contribution in [0.1, 0.15) is 38.3 Å². The topological polar surface area (TPSA) is 34.1 Å². The second-order valence-corrected chi connectivity index (χ2v) is 9.77. The molecule has 118 valence electrons. The van der Waals surface area contributed by atoms with Crippen molar-refractivity contribution in [2.75, 3.05) is 17.4 Å². The molecule has 0 saturated carbocycles. The van der Waals surface area contributed by atoms with E-state index in [0.717, 1.165) is 12.8 Å². The minimum Gasteiger partial charge on any atom is -0.229 e. The molecule has 0 aliphatic carbocycles. The molecule has 0 amide bonds. The summed E-state index contributed by atoms with van der Waals surface area (Å²) < 4.78 is 23.3. The van der Waals surface area contributed by atoms with Gasteiger partial charge in [0.05, 0.1) is 11.5 Å². The zero-order chi connectivity index (χ0) is 15.7. The highest BCUT2D eigenvalue weighted by Gasteiger charge is 2.33. The van der Waals surface area contributed by atoms with Gasteiger partial charge in [-0.05, 0) is 41.2 Å². The molecule has 1 aromatic rings. The molecular weight excluding hydrogens is 304 g/mol. The molecular formula is C17H25ClO2S. The minimum absolute atomic E-state index is 0.157. The Hall–Kier alpha value is -0.540. The molecule has 1 saturated heterocycles. The first kappa shape index (κ1) is 16.8. The van der Waals surface area contributed by atoms with Gasteiger partial charge in [-0.3, -0.25) is 0 Å². The van der Waals surface area contributed by atoms with Crippen molar-refractivity contribution < 1.29 is 8.42 Å². The maximum absolute atomic E-state index is 11.6. The minimum atomic E-state index is -2.83. The van der Waals surface area contributed by atoms with Crippen LogP contribution in [-0.4, -0.2) is 25.8 Å². The summed E-state index contributed by atoms with van der Waals surface area (Å²) in [5.41, 5.74) is 2.72. The third kappa shape index (κ3) is 4.46. The first-order valence-corrected chi connectivity index (χ1v) is 9.93. The Morgan fingerprint density at radius 2 is 1.86 bits per heavy atom. The van der Waals surface area contributed by atoms with Crippen LogP contribution in [-0.2, 0) is 21.7 Å². The van der Waals surface area contributed by atoms with Crippen molar-refractivity contribution >= 4 is 21.4 Å². The smallest absolute Gasteiger partial charge is 0.150 e. The first-order valence-electron chi connectivity index (χ1n) is 7.57. The van der Waals surface area contributed by atoms with Gasteiger partial charge >= 0.3 is 0 Å². The molecule has 0 aromatic heterocycles. The number of halogens is 1. The van der Waals surface area contributed by atoms with Gasteiger partial charge in [-0.1, -0.05) is 45.0 Å². The summed E-state index contributed by atoms with van der Waals surface area (Å²) in [7, 11) is -2.83. The summed E-state index contributed by atoms with van der Waals surface area (Å²) in [6, 6.07) is 8.66. The summed E-state index contributed by atoms with van der Waals surface area (Å²) in [5.74, 6) is 1.64. The third-order valence-electron chi connectivity index (χ3n) is 4.45. The van der Waals surface area contributed by atoms with E-state index < -0.39 is 9.84 Å². The molecule has 21 heavy (non-hydrogen) atoms. The largest absolute Gasteiger partial charge is 0.229 e. The van der Waals surface area contributed by atoms with Crippen LogP contribution in [0.4, 0.5) is 0 Å². The highest BCUT2D eigenvalue weighted by Crippen LogP contribution is 2.30. The Labute approximate surface area is 133 Å². The predicted molar refractivity (Wildman–Crippen MR) is 89.8 cm³/mol. The van der Waals surface area contributed by atoms with Gasteiger partial charge in [-0.25, -0.2) is 8.42 Å². The van der Waals surface area contributed by atoms with Crippen molar-refractivity contribution in [2.45, 2.75) is 39.0 Å². The number of hydrogen-bond donors (Lipinski definition) is 0. The molecule has 1 fully saturated rings. The van der Waals surface area contributed by atoms with Crippen molar-refractivity contribution in [1.29, 1.82) is 0 Å². The lowest BCUT2D eigenvalue weighted by atomic mass is 9.84. The molecule has 0 spiro atoms. The van der Waals surface area contributed by atoms with Crippen LogP contribution >= 0.6 is 11.6 Å². The average Bonchev–Trinajstić information content (AvgIpc) is 2.75. The fraction of sp³-hybridized carbons (Fsp3) is 0.647. The van der Waals surface area contributed by atoms with Crippen LogP contribution in [0.15, 0.2) is 24.3 Å². The van der Waals surface area contributed by atoms with E-state index in [2.05, 4.69) is 45.0 Å². The van der Waals surface area contributed by atoms with Gasteiger partial charge in [-0.15, -0.1) is 11.6 Å². The molecule has 1 aliphatic heterocycles. The second kappa shape index (κ2) is 6.29. The highest BCUT2D eigenvalue weighted by atomic mass is 35.5. The lowest BCUT2D eigenvalue weighted by molar-refractivity contribution is 0.398. The SMILES string of the molecule is CC(C)(C)c1ccc(CC(CCl)C2CCS(=O)(=O)C2)cc1. The molecule has 4 heteroatoms. The molecule has 0 bridgehead atoms. The maximum atomic E-state index is 11.6. The van der Waals surface area contributed by atoms with Crippen LogP contribution in [0, 0.1) is 11.8 Å². The summed E-state index contributed by atoms with van der Waals surface area (Å²) in [6.45, 7) is 6.60. The molecule has 2 nitrogen and oxygen atoms in total. The fourth-order valence-corrected chi connectivity index (χ4v) is 5.27. The van der Waals surface area contributed by atoms with E-state index in [9.17, 15) is 8.42 Å². The van der Waals surface area contributed by atoms with Gasteiger partial charge in [0.25, 0.3) is 0 Å². The molecule has 0 radical (unpaired) electrons. The van der Waals surface area contributed by atoms with Crippen LogP contribution in [0.2, 0.25) is 0 Å². The molecule has 1 aliphatic rings. The van der Waals surface area contributed by atoms with E-state index in [1.165, 1.54) is 11.1 Å². The fourth-order valence-electron chi connectivity index (χ4n) is 2.99. The van der Waals surface area contributed by atoms with Crippen molar-refractivity contribution in [3.63, 3.8) is 0 Å². The Morgan fingerprint density at radius 3 is 2.29 bits per heavy atom. The highest BCUT2D eigenvalue weighted by molar-refractivity contribution is 7.91. The Kier molecular flexibility index (Phi) is 5.04. The van der Waals surface area contributed by atoms with Crippen LogP contribution in [0.25, 0.3) is 0 Å².